The van der Waals surface area contributed by atoms with Gasteiger partial charge in [0.15, 0.2) is 0 Å². The highest BCUT2D eigenvalue weighted by Crippen LogP contribution is 2.28. The third-order valence-corrected chi connectivity index (χ3v) is 3.42. The molecule has 1 saturated heterocycles. The normalized spacial score (nSPS) is 22.2. The van der Waals surface area contributed by atoms with Crippen LogP contribution >= 0.6 is 0 Å². The maximum atomic E-state index is 5.95. The second-order valence-electron chi connectivity index (χ2n) is 7.40. The number of anilines is 2. The number of nitrogens with zero attached hydrogens (tertiary/aromatic N) is 3. The van der Waals surface area contributed by atoms with Gasteiger partial charge in [0.05, 0.1) is 11.7 Å². The third kappa shape index (κ3) is 3.83. The van der Waals surface area contributed by atoms with Crippen LogP contribution in [0, 0.1) is 0 Å². The molecule has 6 nitrogen and oxygen atoms in total. The maximum absolute atomic E-state index is 5.95. The Morgan fingerprint density at radius 3 is 2.57 bits per heavy atom. The number of morpholine rings is 1. The molecule has 1 aliphatic heterocycles. The summed E-state index contributed by atoms with van der Waals surface area (Å²) in [4.78, 5) is 11.5. The zero-order chi connectivity index (χ0) is 15.8. The fourth-order valence-electron chi connectivity index (χ4n) is 2.63. The summed E-state index contributed by atoms with van der Waals surface area (Å²) in [5.41, 5.74) is 2.32. The van der Waals surface area contributed by atoms with Crippen LogP contribution in [0.2, 0.25) is 0 Å². The van der Waals surface area contributed by atoms with Gasteiger partial charge in [-0.2, -0.15) is 0 Å². The number of nitrogens with one attached hydrogen (secondary N) is 1. The lowest BCUT2D eigenvalue weighted by Gasteiger charge is -2.42. The van der Waals surface area contributed by atoms with Crippen molar-refractivity contribution in [1.29, 1.82) is 0 Å². The molecule has 0 aliphatic carbocycles. The van der Waals surface area contributed by atoms with Crippen molar-refractivity contribution in [2.24, 2.45) is 5.84 Å². The van der Waals surface area contributed by atoms with Gasteiger partial charge in [0, 0.05) is 24.6 Å². The van der Waals surface area contributed by atoms with Gasteiger partial charge in [-0.05, 0) is 20.8 Å². The predicted molar refractivity (Wildman–Crippen MR) is 85.4 cm³/mol. The van der Waals surface area contributed by atoms with E-state index in [0.29, 0.717) is 5.82 Å². The molecule has 0 aromatic carbocycles. The number of hydrogen-bond donors (Lipinski definition) is 2. The molecule has 3 N–H and O–H groups in total. The van der Waals surface area contributed by atoms with Crippen LogP contribution in [-0.2, 0) is 10.2 Å². The summed E-state index contributed by atoms with van der Waals surface area (Å²) in [5, 5.41) is 0. The van der Waals surface area contributed by atoms with Crippen LogP contribution in [0.15, 0.2) is 6.07 Å². The number of ether oxygens (including phenoxy) is 1. The maximum Gasteiger partial charge on any atom is 0.145 e. The number of aromatic nitrogens is 2. The average Bonchev–Trinajstić information content (AvgIpc) is 2.34. The molecule has 0 bridgehead atoms. The summed E-state index contributed by atoms with van der Waals surface area (Å²) in [7, 11) is 0. The molecule has 21 heavy (non-hydrogen) atoms. The van der Waals surface area contributed by atoms with E-state index < -0.39 is 0 Å². The van der Waals surface area contributed by atoms with Gasteiger partial charge in [-0.1, -0.05) is 20.8 Å². The summed E-state index contributed by atoms with van der Waals surface area (Å²) < 4.78 is 5.95. The molecule has 1 unspecified atom stereocenters. The monoisotopic (exact) mass is 293 g/mol. The fraction of sp³-hybridized carbons (Fsp3) is 0.733. The van der Waals surface area contributed by atoms with Crippen LogP contribution in [0.5, 0.6) is 0 Å². The molecule has 2 rings (SSSR count). The molecule has 1 aromatic rings. The van der Waals surface area contributed by atoms with Gasteiger partial charge in [0.25, 0.3) is 0 Å². The van der Waals surface area contributed by atoms with Gasteiger partial charge >= 0.3 is 0 Å². The van der Waals surface area contributed by atoms with Crippen LogP contribution in [-0.4, -0.2) is 34.8 Å². The number of nitrogens with two attached hydrogens (primary N) is 1. The molecule has 0 saturated carbocycles. The molecule has 0 spiro atoms. The third-order valence-electron chi connectivity index (χ3n) is 3.42. The van der Waals surface area contributed by atoms with E-state index in [0.717, 1.165) is 24.7 Å². The Morgan fingerprint density at radius 1 is 1.38 bits per heavy atom. The summed E-state index contributed by atoms with van der Waals surface area (Å²) in [5.74, 6) is 7.87. The van der Waals surface area contributed by atoms with Crippen LogP contribution in [0.3, 0.4) is 0 Å². The van der Waals surface area contributed by atoms with E-state index in [1.54, 1.807) is 0 Å². The largest absolute Gasteiger partial charge is 0.369 e. The molecule has 1 atom stereocenters. The average molecular weight is 293 g/mol. The minimum atomic E-state index is -0.194. The summed E-state index contributed by atoms with van der Waals surface area (Å²) >= 11 is 0. The Hall–Kier alpha value is -1.40. The van der Waals surface area contributed by atoms with E-state index in [1.807, 2.05) is 6.07 Å². The zero-order valence-corrected chi connectivity index (χ0v) is 13.9. The Labute approximate surface area is 127 Å². The lowest BCUT2D eigenvalue weighted by atomic mass is 9.95. The number of hydrazine groups is 1. The van der Waals surface area contributed by atoms with E-state index >= 15 is 0 Å². The predicted octanol–water partition coefficient (Wildman–Crippen LogP) is 2.06. The van der Waals surface area contributed by atoms with Crippen molar-refractivity contribution in [3.8, 4) is 0 Å². The topological polar surface area (TPSA) is 76.3 Å². The van der Waals surface area contributed by atoms with Crippen LogP contribution in [0.1, 0.15) is 47.4 Å². The minimum Gasteiger partial charge on any atom is -0.369 e. The SMILES string of the molecule is CC1CN(c2cc(NN)nc(C(C)(C)C)n2)CC(C)(C)O1. The van der Waals surface area contributed by atoms with E-state index in [1.165, 1.54) is 0 Å². The zero-order valence-electron chi connectivity index (χ0n) is 13.9. The van der Waals surface area contributed by atoms with Gasteiger partial charge in [0.1, 0.15) is 17.5 Å². The van der Waals surface area contributed by atoms with Gasteiger partial charge in [0.2, 0.25) is 0 Å². The van der Waals surface area contributed by atoms with E-state index in [2.05, 4.69) is 56.9 Å². The molecular weight excluding hydrogens is 266 g/mol. The lowest BCUT2D eigenvalue weighted by Crippen LogP contribution is -2.52. The first-order valence-corrected chi connectivity index (χ1v) is 7.40. The lowest BCUT2D eigenvalue weighted by molar-refractivity contribution is -0.0751. The molecule has 2 heterocycles. The quantitative estimate of drug-likeness (QED) is 0.642. The number of rotatable bonds is 2. The van der Waals surface area contributed by atoms with Crippen molar-refractivity contribution in [2.45, 2.75) is 58.7 Å². The van der Waals surface area contributed by atoms with Gasteiger partial charge in [-0.25, -0.2) is 15.8 Å². The number of nitrogen functional groups attached to an aromatic ring is 1. The summed E-state index contributed by atoms with van der Waals surface area (Å²) in [6.45, 7) is 14.2. The van der Waals surface area contributed by atoms with E-state index in [9.17, 15) is 0 Å². The summed E-state index contributed by atoms with van der Waals surface area (Å²) in [6, 6.07) is 1.89. The second-order valence-corrected chi connectivity index (χ2v) is 7.40. The second kappa shape index (κ2) is 5.42. The van der Waals surface area contributed by atoms with Crippen LogP contribution in [0.25, 0.3) is 0 Å². The van der Waals surface area contributed by atoms with Crippen molar-refractivity contribution in [1.82, 2.24) is 9.97 Å². The Morgan fingerprint density at radius 2 is 2.05 bits per heavy atom. The Bertz CT molecular complexity index is 509. The molecule has 118 valence electrons. The highest BCUT2D eigenvalue weighted by atomic mass is 16.5. The fourth-order valence-corrected chi connectivity index (χ4v) is 2.63. The Kier molecular flexibility index (Phi) is 4.13. The van der Waals surface area contributed by atoms with Gasteiger partial charge < -0.3 is 15.1 Å². The first-order valence-electron chi connectivity index (χ1n) is 7.40. The van der Waals surface area contributed by atoms with Gasteiger partial charge in [-0.15, -0.1) is 0 Å². The molecule has 0 amide bonds. The van der Waals surface area contributed by atoms with Crippen LogP contribution in [0.4, 0.5) is 11.6 Å². The van der Waals surface area contributed by atoms with E-state index in [4.69, 9.17) is 15.6 Å². The standard InChI is InChI=1S/C15H27N5O/c1-10-8-20(9-15(5,6)21-10)12-7-11(19-16)17-13(18-12)14(2,3)4/h7,10H,8-9,16H2,1-6H3,(H,17,18,19). The molecule has 1 fully saturated rings. The summed E-state index contributed by atoms with van der Waals surface area (Å²) in [6.07, 6.45) is 0.163. The molecule has 0 radical (unpaired) electrons. The molecular formula is C15H27N5O. The highest BCUT2D eigenvalue weighted by Gasteiger charge is 2.32. The Balaban J connectivity index is 2.38. The van der Waals surface area contributed by atoms with Crippen molar-refractivity contribution in [2.75, 3.05) is 23.4 Å². The highest BCUT2D eigenvalue weighted by molar-refractivity contribution is 5.50. The molecule has 1 aliphatic rings. The first-order chi connectivity index (χ1) is 9.60. The van der Waals surface area contributed by atoms with Crippen molar-refractivity contribution in [3.05, 3.63) is 11.9 Å². The molecule has 1 aromatic heterocycles. The van der Waals surface area contributed by atoms with E-state index in [-0.39, 0.29) is 17.1 Å². The van der Waals surface area contributed by atoms with Crippen molar-refractivity contribution < 1.29 is 4.74 Å². The minimum absolute atomic E-state index is 0.130. The van der Waals surface area contributed by atoms with Gasteiger partial charge in [-0.3, -0.25) is 0 Å². The smallest absolute Gasteiger partial charge is 0.145 e. The van der Waals surface area contributed by atoms with Crippen LogP contribution < -0.4 is 16.2 Å². The first kappa shape index (κ1) is 16.0. The molecule has 6 heteroatoms. The van der Waals surface area contributed by atoms with Crippen molar-refractivity contribution in [3.63, 3.8) is 0 Å². The number of hydrogen-bond acceptors (Lipinski definition) is 6. The van der Waals surface area contributed by atoms with Crippen molar-refractivity contribution >= 4 is 11.6 Å².